The van der Waals surface area contributed by atoms with Gasteiger partial charge in [-0.15, -0.1) is 0 Å². The lowest BCUT2D eigenvalue weighted by molar-refractivity contribution is 0.410. The zero-order valence-electron chi connectivity index (χ0n) is 13.1. The Kier molecular flexibility index (Phi) is 3.23. The van der Waals surface area contributed by atoms with Crippen molar-refractivity contribution in [1.82, 2.24) is 9.97 Å². The Hall–Kier alpha value is -3.28. The Morgan fingerprint density at radius 3 is 2.83 bits per heavy atom. The molecular weight excluding hydrogens is 304 g/mol. The third-order valence-corrected chi connectivity index (χ3v) is 4.09. The Labute approximate surface area is 138 Å². The van der Waals surface area contributed by atoms with Crippen molar-refractivity contribution < 1.29 is 9.84 Å². The SMILES string of the molecule is COc1cccc(N2CC(O)=C(c3nc4ccccc4[nH]3)C2=N)c1. The molecule has 0 saturated heterocycles. The fraction of sp³-hybridized carbons (Fsp3) is 0.111. The summed E-state index contributed by atoms with van der Waals surface area (Å²) in [4.78, 5) is 9.39. The molecule has 4 rings (SSSR count). The summed E-state index contributed by atoms with van der Waals surface area (Å²) in [5, 5.41) is 18.9. The molecule has 1 aliphatic heterocycles. The molecule has 0 spiro atoms. The molecular formula is C18H16N4O2. The fourth-order valence-electron chi connectivity index (χ4n) is 2.90. The van der Waals surface area contributed by atoms with E-state index in [0.29, 0.717) is 17.1 Å². The molecule has 3 aromatic rings. The minimum atomic E-state index is 0.127. The number of benzene rings is 2. The Balaban J connectivity index is 1.72. The highest BCUT2D eigenvalue weighted by molar-refractivity contribution is 6.30. The van der Waals surface area contributed by atoms with Gasteiger partial charge >= 0.3 is 0 Å². The molecule has 120 valence electrons. The third-order valence-electron chi connectivity index (χ3n) is 4.09. The van der Waals surface area contributed by atoms with Crippen LogP contribution in [0.4, 0.5) is 5.69 Å². The predicted molar refractivity (Wildman–Crippen MR) is 93.7 cm³/mol. The van der Waals surface area contributed by atoms with Crippen molar-refractivity contribution in [2.24, 2.45) is 0 Å². The van der Waals surface area contributed by atoms with Crippen LogP contribution in [0.15, 0.2) is 54.3 Å². The highest BCUT2D eigenvalue weighted by Gasteiger charge is 2.31. The topological polar surface area (TPSA) is 85.2 Å². The van der Waals surface area contributed by atoms with Gasteiger partial charge in [0.25, 0.3) is 0 Å². The molecule has 0 bridgehead atoms. The van der Waals surface area contributed by atoms with E-state index in [0.717, 1.165) is 16.7 Å². The number of ether oxygens (including phenoxy) is 1. The summed E-state index contributed by atoms with van der Waals surface area (Å²) < 4.78 is 5.24. The third kappa shape index (κ3) is 2.20. The predicted octanol–water partition coefficient (Wildman–Crippen LogP) is 3.34. The number of anilines is 1. The van der Waals surface area contributed by atoms with Crippen molar-refractivity contribution >= 4 is 28.1 Å². The fourth-order valence-corrected chi connectivity index (χ4v) is 2.90. The van der Waals surface area contributed by atoms with Gasteiger partial charge < -0.3 is 19.7 Å². The molecule has 1 aromatic heterocycles. The minimum Gasteiger partial charge on any atom is -0.509 e. The van der Waals surface area contributed by atoms with Crippen LogP contribution in [0.5, 0.6) is 5.75 Å². The maximum Gasteiger partial charge on any atom is 0.145 e. The average molecular weight is 320 g/mol. The standard InChI is InChI=1S/C18H16N4O2/c1-24-12-6-4-5-11(9-12)22-10-15(23)16(17(22)19)18-20-13-7-2-3-8-14(13)21-18/h2-9,19,23H,10H2,1H3,(H,20,21). The highest BCUT2D eigenvalue weighted by Crippen LogP contribution is 2.32. The lowest BCUT2D eigenvalue weighted by Gasteiger charge is -2.19. The second-order valence-electron chi connectivity index (χ2n) is 5.56. The normalized spacial score (nSPS) is 14.7. The van der Waals surface area contributed by atoms with E-state index in [-0.39, 0.29) is 18.1 Å². The quantitative estimate of drug-likeness (QED) is 0.691. The van der Waals surface area contributed by atoms with Crippen LogP contribution in [0.2, 0.25) is 0 Å². The molecule has 6 heteroatoms. The number of fused-ring (bicyclic) bond motifs is 1. The number of H-pyrrole nitrogens is 1. The Morgan fingerprint density at radius 2 is 2.04 bits per heavy atom. The first-order valence-corrected chi connectivity index (χ1v) is 7.55. The Morgan fingerprint density at radius 1 is 1.21 bits per heavy atom. The number of aliphatic hydroxyl groups is 1. The molecule has 24 heavy (non-hydrogen) atoms. The number of aromatic nitrogens is 2. The monoisotopic (exact) mass is 320 g/mol. The number of para-hydroxylation sites is 2. The maximum absolute atomic E-state index is 10.4. The molecule has 0 saturated carbocycles. The summed E-state index contributed by atoms with van der Waals surface area (Å²) in [5.41, 5.74) is 2.90. The van der Waals surface area contributed by atoms with Crippen molar-refractivity contribution in [3.63, 3.8) is 0 Å². The lowest BCUT2D eigenvalue weighted by atomic mass is 10.2. The number of rotatable bonds is 3. The van der Waals surface area contributed by atoms with E-state index >= 15 is 0 Å². The summed E-state index contributed by atoms with van der Waals surface area (Å²) in [6.07, 6.45) is 0. The molecule has 2 heterocycles. The van der Waals surface area contributed by atoms with Crippen LogP contribution in [-0.2, 0) is 0 Å². The first-order chi connectivity index (χ1) is 11.7. The van der Waals surface area contributed by atoms with Crippen molar-refractivity contribution in [2.75, 3.05) is 18.6 Å². The summed E-state index contributed by atoms with van der Waals surface area (Å²) in [6.45, 7) is 0.235. The zero-order valence-corrected chi connectivity index (χ0v) is 13.1. The summed E-state index contributed by atoms with van der Waals surface area (Å²) in [6, 6.07) is 15.1. The highest BCUT2D eigenvalue weighted by atomic mass is 16.5. The molecule has 1 aliphatic rings. The largest absolute Gasteiger partial charge is 0.509 e. The summed E-state index contributed by atoms with van der Waals surface area (Å²) in [5.74, 6) is 1.54. The van der Waals surface area contributed by atoms with E-state index in [4.69, 9.17) is 10.1 Å². The number of aromatic amines is 1. The van der Waals surface area contributed by atoms with Crippen LogP contribution in [0.3, 0.4) is 0 Å². The molecule has 0 aliphatic carbocycles. The number of imidazole rings is 1. The number of nitrogens with one attached hydrogen (secondary N) is 2. The molecule has 3 N–H and O–H groups in total. The molecule has 0 fully saturated rings. The molecule has 0 unspecified atom stereocenters. The van der Waals surface area contributed by atoms with E-state index < -0.39 is 0 Å². The number of nitrogens with zero attached hydrogens (tertiary/aromatic N) is 2. The van der Waals surface area contributed by atoms with Gasteiger partial charge in [0.05, 0.1) is 30.3 Å². The zero-order chi connectivity index (χ0) is 16.7. The molecule has 0 atom stereocenters. The van der Waals surface area contributed by atoms with Crippen LogP contribution in [-0.4, -0.2) is 34.6 Å². The molecule has 6 nitrogen and oxygen atoms in total. The number of aliphatic hydroxyl groups excluding tert-OH is 1. The van der Waals surface area contributed by atoms with Crippen molar-refractivity contribution in [3.8, 4) is 5.75 Å². The molecule has 0 radical (unpaired) electrons. The van der Waals surface area contributed by atoms with E-state index in [1.54, 1.807) is 12.0 Å². The molecule has 0 amide bonds. The lowest BCUT2D eigenvalue weighted by Crippen LogP contribution is -2.26. The first-order valence-electron chi connectivity index (χ1n) is 7.55. The van der Waals surface area contributed by atoms with Crippen LogP contribution in [0.1, 0.15) is 5.82 Å². The second-order valence-corrected chi connectivity index (χ2v) is 5.56. The Bertz CT molecular complexity index is 941. The van der Waals surface area contributed by atoms with Crippen LogP contribution >= 0.6 is 0 Å². The van der Waals surface area contributed by atoms with Gasteiger partial charge in [0, 0.05) is 11.8 Å². The number of methoxy groups -OCH3 is 1. The van der Waals surface area contributed by atoms with Gasteiger partial charge in [0.15, 0.2) is 0 Å². The molecule has 2 aromatic carbocycles. The van der Waals surface area contributed by atoms with Gasteiger partial charge in [-0.25, -0.2) is 4.98 Å². The second kappa shape index (κ2) is 5.42. The van der Waals surface area contributed by atoms with Crippen molar-refractivity contribution in [2.45, 2.75) is 0 Å². The minimum absolute atomic E-state index is 0.127. The van der Waals surface area contributed by atoms with Gasteiger partial charge in [-0.1, -0.05) is 18.2 Å². The summed E-state index contributed by atoms with van der Waals surface area (Å²) in [7, 11) is 1.60. The van der Waals surface area contributed by atoms with Crippen molar-refractivity contribution in [1.29, 1.82) is 5.41 Å². The van der Waals surface area contributed by atoms with Gasteiger partial charge in [-0.2, -0.15) is 0 Å². The number of amidine groups is 1. The first kappa shape index (κ1) is 14.3. The van der Waals surface area contributed by atoms with Crippen LogP contribution in [0, 0.1) is 5.41 Å². The van der Waals surface area contributed by atoms with Gasteiger partial charge in [0.2, 0.25) is 0 Å². The van der Waals surface area contributed by atoms with E-state index in [1.807, 2.05) is 48.5 Å². The van der Waals surface area contributed by atoms with Gasteiger partial charge in [-0.3, -0.25) is 5.41 Å². The maximum atomic E-state index is 10.4. The van der Waals surface area contributed by atoms with Crippen LogP contribution < -0.4 is 9.64 Å². The van der Waals surface area contributed by atoms with Gasteiger partial charge in [-0.05, 0) is 24.3 Å². The van der Waals surface area contributed by atoms with E-state index in [9.17, 15) is 5.11 Å². The van der Waals surface area contributed by atoms with E-state index in [1.165, 1.54) is 0 Å². The van der Waals surface area contributed by atoms with Gasteiger partial charge in [0.1, 0.15) is 23.2 Å². The smallest absolute Gasteiger partial charge is 0.145 e. The average Bonchev–Trinajstić information content (AvgIpc) is 3.15. The van der Waals surface area contributed by atoms with Crippen LogP contribution in [0.25, 0.3) is 16.6 Å². The number of hydrogen-bond acceptors (Lipinski definition) is 4. The van der Waals surface area contributed by atoms with E-state index in [2.05, 4.69) is 9.97 Å². The van der Waals surface area contributed by atoms with Crippen molar-refractivity contribution in [3.05, 3.63) is 60.1 Å². The summed E-state index contributed by atoms with van der Waals surface area (Å²) >= 11 is 0. The number of hydrogen-bond donors (Lipinski definition) is 3.